The quantitative estimate of drug-likeness (QED) is 0.373. The lowest BCUT2D eigenvalue weighted by molar-refractivity contribution is -0.122. The number of aromatic nitrogens is 4. The third-order valence-corrected chi connectivity index (χ3v) is 7.23. The molecule has 38 heavy (non-hydrogen) atoms. The van der Waals surface area contributed by atoms with Gasteiger partial charge >= 0.3 is 5.69 Å². The van der Waals surface area contributed by atoms with Crippen LogP contribution in [0.15, 0.2) is 58.1 Å². The van der Waals surface area contributed by atoms with E-state index in [1.165, 1.54) is 8.97 Å². The summed E-state index contributed by atoms with van der Waals surface area (Å²) in [6.07, 6.45) is 4.76. The predicted octanol–water partition coefficient (Wildman–Crippen LogP) is 2.45. The standard InChI is InChI=1S/C28H32N6O4/c1-3-18(2)29-25(36)20-13-14-22-23(15-20)34-27(32(26(22)37)16-19-9-5-4-6-10-19)31-33(28(34)38)17-24(35)30-21-11-7-8-12-21/h4-6,9-10,13-15,18,21H,3,7-8,11-12,16-17H2,1-2H3,(H,29,36)(H,30,35). The topological polar surface area (TPSA) is 120 Å². The lowest BCUT2D eigenvalue weighted by atomic mass is 10.1. The number of fused-ring (bicyclic) bond motifs is 3. The highest BCUT2D eigenvalue weighted by Crippen LogP contribution is 2.18. The summed E-state index contributed by atoms with van der Waals surface area (Å²) >= 11 is 0. The second-order valence-corrected chi connectivity index (χ2v) is 10.0. The molecule has 5 rings (SSSR count). The van der Waals surface area contributed by atoms with Crippen molar-refractivity contribution in [2.24, 2.45) is 0 Å². The Labute approximate surface area is 219 Å². The van der Waals surface area contributed by atoms with Crippen molar-refractivity contribution in [3.8, 4) is 0 Å². The van der Waals surface area contributed by atoms with E-state index in [-0.39, 0.29) is 59.2 Å². The van der Waals surface area contributed by atoms with Crippen LogP contribution >= 0.6 is 0 Å². The van der Waals surface area contributed by atoms with Crippen molar-refractivity contribution in [2.45, 2.75) is 71.1 Å². The van der Waals surface area contributed by atoms with E-state index in [2.05, 4.69) is 15.7 Å². The number of carbonyl (C=O) groups excluding carboxylic acids is 2. The van der Waals surface area contributed by atoms with Crippen molar-refractivity contribution >= 4 is 28.5 Å². The number of rotatable bonds is 8. The minimum atomic E-state index is -0.548. The molecular weight excluding hydrogens is 484 g/mol. The third-order valence-electron chi connectivity index (χ3n) is 7.23. The number of hydrogen-bond acceptors (Lipinski definition) is 5. The van der Waals surface area contributed by atoms with Crippen LogP contribution in [-0.2, 0) is 17.9 Å². The van der Waals surface area contributed by atoms with Gasteiger partial charge in [0.15, 0.2) is 0 Å². The smallest absolute Gasteiger partial charge is 0.352 e. The van der Waals surface area contributed by atoms with Crippen LogP contribution in [-0.4, -0.2) is 42.6 Å². The van der Waals surface area contributed by atoms with Gasteiger partial charge < -0.3 is 10.6 Å². The van der Waals surface area contributed by atoms with Gasteiger partial charge in [0, 0.05) is 17.6 Å². The maximum Gasteiger partial charge on any atom is 0.352 e. The molecule has 198 valence electrons. The molecule has 1 fully saturated rings. The molecule has 2 N–H and O–H groups in total. The van der Waals surface area contributed by atoms with Crippen molar-refractivity contribution in [1.82, 2.24) is 29.4 Å². The zero-order valence-corrected chi connectivity index (χ0v) is 21.6. The Morgan fingerprint density at radius 1 is 1.08 bits per heavy atom. The summed E-state index contributed by atoms with van der Waals surface area (Å²) in [6, 6.07) is 14.2. The molecule has 1 unspecified atom stereocenters. The summed E-state index contributed by atoms with van der Waals surface area (Å²) in [7, 11) is 0. The first-order valence-electron chi connectivity index (χ1n) is 13.2. The average Bonchev–Trinajstić information content (AvgIpc) is 3.54. The van der Waals surface area contributed by atoms with E-state index in [1.54, 1.807) is 18.2 Å². The number of nitrogens with zero attached hydrogens (tertiary/aromatic N) is 4. The molecule has 4 aromatic rings. The zero-order chi connectivity index (χ0) is 26.8. The average molecular weight is 517 g/mol. The van der Waals surface area contributed by atoms with Crippen LogP contribution in [0.3, 0.4) is 0 Å². The highest BCUT2D eigenvalue weighted by Gasteiger charge is 2.22. The van der Waals surface area contributed by atoms with Crippen LogP contribution in [0.1, 0.15) is 61.9 Å². The molecule has 10 nitrogen and oxygen atoms in total. The summed E-state index contributed by atoms with van der Waals surface area (Å²) in [5.41, 5.74) is 0.587. The number of amides is 2. The van der Waals surface area contributed by atoms with Gasteiger partial charge in [-0.3, -0.25) is 19.0 Å². The Bertz CT molecular complexity index is 1610. The second kappa shape index (κ2) is 10.6. The molecule has 1 aliphatic carbocycles. The Kier molecular flexibility index (Phi) is 7.13. The summed E-state index contributed by atoms with van der Waals surface area (Å²) in [4.78, 5) is 52.8. The van der Waals surface area contributed by atoms with E-state index in [0.717, 1.165) is 42.3 Å². The molecule has 1 aliphatic rings. The van der Waals surface area contributed by atoms with Gasteiger partial charge in [-0.05, 0) is 49.9 Å². The fourth-order valence-corrected chi connectivity index (χ4v) is 4.96. The summed E-state index contributed by atoms with van der Waals surface area (Å²) < 4.78 is 3.85. The zero-order valence-electron chi connectivity index (χ0n) is 21.6. The van der Waals surface area contributed by atoms with Crippen LogP contribution in [0.5, 0.6) is 0 Å². The molecule has 2 heterocycles. The van der Waals surface area contributed by atoms with Gasteiger partial charge in [-0.2, -0.15) is 0 Å². The second-order valence-electron chi connectivity index (χ2n) is 10.0. The Morgan fingerprint density at radius 2 is 1.82 bits per heavy atom. The van der Waals surface area contributed by atoms with Gasteiger partial charge in [0.1, 0.15) is 6.54 Å². The van der Waals surface area contributed by atoms with Gasteiger partial charge in [0.25, 0.3) is 11.5 Å². The fraction of sp³-hybridized carbons (Fsp3) is 0.393. The van der Waals surface area contributed by atoms with Crippen LogP contribution in [0.4, 0.5) is 0 Å². The molecule has 2 aromatic carbocycles. The molecular formula is C28H32N6O4. The summed E-state index contributed by atoms with van der Waals surface area (Å²) in [6.45, 7) is 3.82. The minimum Gasteiger partial charge on any atom is -0.352 e. The van der Waals surface area contributed by atoms with E-state index >= 15 is 0 Å². The van der Waals surface area contributed by atoms with Crippen molar-refractivity contribution < 1.29 is 9.59 Å². The van der Waals surface area contributed by atoms with Gasteiger partial charge in [0.2, 0.25) is 11.7 Å². The summed E-state index contributed by atoms with van der Waals surface area (Å²) in [5, 5.41) is 10.6. The van der Waals surface area contributed by atoms with Crippen LogP contribution in [0.25, 0.3) is 16.7 Å². The van der Waals surface area contributed by atoms with Crippen LogP contribution < -0.4 is 21.9 Å². The molecule has 2 amide bonds. The third kappa shape index (κ3) is 4.98. The predicted molar refractivity (Wildman–Crippen MR) is 144 cm³/mol. The van der Waals surface area contributed by atoms with Gasteiger partial charge in [-0.1, -0.05) is 50.1 Å². The van der Waals surface area contributed by atoms with Crippen LogP contribution in [0.2, 0.25) is 0 Å². The fourth-order valence-electron chi connectivity index (χ4n) is 4.96. The van der Waals surface area contributed by atoms with Crippen LogP contribution in [0, 0.1) is 0 Å². The first-order valence-corrected chi connectivity index (χ1v) is 13.2. The normalized spacial score (nSPS) is 14.7. The minimum absolute atomic E-state index is 0.0269. The molecule has 1 atom stereocenters. The lowest BCUT2D eigenvalue weighted by Crippen LogP contribution is -2.37. The Hall–Kier alpha value is -4.21. The SMILES string of the molecule is CCC(C)NC(=O)c1ccc2c(=O)n(Cc3ccccc3)c3nn(CC(=O)NC4CCCC4)c(=O)n3c2c1. The highest BCUT2D eigenvalue weighted by molar-refractivity contribution is 5.98. The highest BCUT2D eigenvalue weighted by atomic mass is 16.2. The van der Waals surface area contributed by atoms with E-state index in [1.807, 2.05) is 44.2 Å². The maximum absolute atomic E-state index is 13.6. The van der Waals surface area contributed by atoms with Gasteiger partial charge in [-0.25, -0.2) is 13.9 Å². The maximum atomic E-state index is 13.6. The molecule has 2 aromatic heterocycles. The van der Waals surface area contributed by atoms with Crippen molar-refractivity contribution in [3.05, 3.63) is 80.5 Å². The molecule has 0 bridgehead atoms. The molecule has 0 saturated heterocycles. The Morgan fingerprint density at radius 3 is 2.53 bits per heavy atom. The monoisotopic (exact) mass is 516 g/mol. The molecule has 1 saturated carbocycles. The number of hydrogen-bond donors (Lipinski definition) is 2. The number of nitrogens with one attached hydrogen (secondary N) is 2. The molecule has 0 spiro atoms. The number of benzene rings is 2. The lowest BCUT2D eigenvalue weighted by Gasteiger charge is -2.13. The van der Waals surface area contributed by atoms with E-state index in [0.29, 0.717) is 5.56 Å². The van der Waals surface area contributed by atoms with E-state index < -0.39 is 5.69 Å². The first-order chi connectivity index (χ1) is 18.4. The van der Waals surface area contributed by atoms with Crippen molar-refractivity contribution in [3.63, 3.8) is 0 Å². The largest absolute Gasteiger partial charge is 0.352 e. The van der Waals surface area contributed by atoms with Crippen molar-refractivity contribution in [2.75, 3.05) is 0 Å². The van der Waals surface area contributed by atoms with Gasteiger partial charge in [0.05, 0.1) is 17.4 Å². The molecule has 0 radical (unpaired) electrons. The molecule has 0 aliphatic heterocycles. The van der Waals surface area contributed by atoms with E-state index in [9.17, 15) is 19.2 Å². The molecule has 10 heteroatoms. The number of carbonyl (C=O) groups is 2. The van der Waals surface area contributed by atoms with Gasteiger partial charge in [-0.15, -0.1) is 5.10 Å². The Balaban J connectivity index is 1.64. The van der Waals surface area contributed by atoms with E-state index in [4.69, 9.17) is 0 Å². The first kappa shape index (κ1) is 25.4. The summed E-state index contributed by atoms with van der Waals surface area (Å²) in [5.74, 6) is -0.471. The van der Waals surface area contributed by atoms with Crippen molar-refractivity contribution in [1.29, 1.82) is 0 Å².